The second kappa shape index (κ2) is 27.7. The van der Waals surface area contributed by atoms with E-state index in [0.717, 1.165) is 30.8 Å². The highest BCUT2D eigenvalue weighted by molar-refractivity contribution is 9.09. The molecule has 0 aromatic heterocycles. The number of aldehydes is 2. The van der Waals surface area contributed by atoms with Gasteiger partial charge in [0.15, 0.2) is 23.0 Å². The normalized spacial score (nSPS) is 12.4. The van der Waals surface area contributed by atoms with E-state index in [2.05, 4.69) is 57.5 Å². The Morgan fingerprint density at radius 3 is 1.49 bits per heavy atom. The van der Waals surface area contributed by atoms with Gasteiger partial charge >= 0.3 is 0 Å². The highest BCUT2D eigenvalue weighted by Crippen LogP contribution is 2.30. The fraction of sp³-hybridized carbons (Fsp3) is 0.632. The molecule has 0 fully saturated rings. The summed E-state index contributed by atoms with van der Waals surface area (Å²) in [6.45, 7) is 14.8. The van der Waals surface area contributed by atoms with E-state index in [-0.39, 0.29) is 11.5 Å². The molecule has 2 N–H and O–H groups in total. The number of ether oxygens (including phenoxy) is 2. The van der Waals surface area contributed by atoms with E-state index in [1.54, 1.807) is 6.07 Å². The monoisotopic (exact) mass is 692 g/mol. The van der Waals surface area contributed by atoms with E-state index < -0.39 is 0 Å². The first-order valence-electron chi connectivity index (χ1n) is 17.1. The molecule has 0 amide bonds. The van der Waals surface area contributed by atoms with Crippen molar-refractivity contribution in [2.75, 3.05) is 18.5 Å². The molecule has 0 heterocycles. The predicted molar refractivity (Wildman–Crippen MR) is 192 cm³/mol. The zero-order chi connectivity index (χ0) is 33.9. The number of carbonyl (C=O) groups is 2. The Hall–Kier alpha value is -2.54. The van der Waals surface area contributed by atoms with Gasteiger partial charge in [-0.25, -0.2) is 0 Å². The lowest BCUT2D eigenvalue weighted by Crippen LogP contribution is -2.14. The number of alkyl halides is 1. The minimum atomic E-state index is -0.274. The van der Waals surface area contributed by atoms with Crippen molar-refractivity contribution in [1.82, 2.24) is 0 Å². The Balaban J connectivity index is 0.000000826. The topological polar surface area (TPSA) is 93.1 Å². The van der Waals surface area contributed by atoms with Crippen molar-refractivity contribution in [3.63, 3.8) is 0 Å². The first-order valence-corrected chi connectivity index (χ1v) is 18.3. The number of unbranched alkanes of at least 4 members (excludes halogenated alkanes) is 3. The summed E-state index contributed by atoms with van der Waals surface area (Å²) in [5.74, 6) is 3.02. The van der Waals surface area contributed by atoms with Gasteiger partial charge in [-0.3, -0.25) is 9.59 Å². The summed E-state index contributed by atoms with van der Waals surface area (Å²) >= 11 is 3.51. The van der Waals surface area contributed by atoms with Gasteiger partial charge in [0.05, 0.1) is 13.2 Å². The van der Waals surface area contributed by atoms with Crippen LogP contribution in [-0.4, -0.2) is 41.3 Å². The van der Waals surface area contributed by atoms with Gasteiger partial charge < -0.3 is 19.7 Å². The molecule has 2 rings (SSSR count). The van der Waals surface area contributed by atoms with Crippen molar-refractivity contribution < 1.29 is 29.3 Å². The highest BCUT2D eigenvalue weighted by Gasteiger charge is 2.13. The van der Waals surface area contributed by atoms with E-state index in [9.17, 15) is 9.59 Å². The quantitative estimate of drug-likeness (QED) is 0.0768. The largest absolute Gasteiger partial charge is 0.504 e. The number of rotatable bonds is 21. The van der Waals surface area contributed by atoms with Gasteiger partial charge in [0.25, 0.3) is 0 Å². The summed E-state index contributed by atoms with van der Waals surface area (Å²) in [6.07, 6.45) is 16.4. The minimum Gasteiger partial charge on any atom is -0.504 e. The zero-order valence-corrected chi connectivity index (χ0v) is 30.4. The predicted octanol–water partition coefficient (Wildman–Crippen LogP) is 11.2. The van der Waals surface area contributed by atoms with Crippen molar-refractivity contribution in [3.05, 3.63) is 47.5 Å². The van der Waals surface area contributed by atoms with Gasteiger partial charge in [0, 0.05) is 16.5 Å². The number of carbonyl (C=O) groups excluding carboxylic acids is 2. The smallest absolute Gasteiger partial charge is 0.161 e. The van der Waals surface area contributed by atoms with Gasteiger partial charge in [-0.1, -0.05) is 115 Å². The maximum atomic E-state index is 11.1. The second-order valence-corrected chi connectivity index (χ2v) is 12.4. The molecule has 256 valence electrons. The van der Waals surface area contributed by atoms with Crippen LogP contribution in [0.4, 0.5) is 0 Å². The number of hydrogen-bond donors (Lipinski definition) is 2. The van der Waals surface area contributed by atoms with Crippen LogP contribution < -0.4 is 9.47 Å². The van der Waals surface area contributed by atoms with Crippen molar-refractivity contribution in [1.29, 1.82) is 0 Å². The Bertz CT molecular complexity index is 1020. The van der Waals surface area contributed by atoms with Crippen molar-refractivity contribution in [2.24, 2.45) is 17.8 Å². The molecule has 3 atom stereocenters. The van der Waals surface area contributed by atoms with E-state index in [4.69, 9.17) is 19.7 Å². The fourth-order valence-electron chi connectivity index (χ4n) is 4.54. The van der Waals surface area contributed by atoms with Crippen LogP contribution in [0.25, 0.3) is 0 Å². The Kier molecular flexibility index (Phi) is 26.2. The summed E-state index contributed by atoms with van der Waals surface area (Å²) in [4.78, 5) is 21.2. The number of aromatic hydroxyl groups is 2. The lowest BCUT2D eigenvalue weighted by Gasteiger charge is -2.20. The van der Waals surface area contributed by atoms with E-state index in [1.807, 2.05) is 12.1 Å². The molecule has 0 aliphatic heterocycles. The van der Waals surface area contributed by atoms with Crippen LogP contribution in [0.3, 0.4) is 0 Å². The maximum absolute atomic E-state index is 11.1. The van der Waals surface area contributed by atoms with Gasteiger partial charge in [-0.05, 0) is 73.4 Å². The van der Waals surface area contributed by atoms with Crippen molar-refractivity contribution in [3.8, 4) is 23.0 Å². The molecule has 0 saturated heterocycles. The molecule has 0 radical (unpaired) electrons. The molecule has 0 spiro atoms. The fourth-order valence-corrected chi connectivity index (χ4v) is 5.32. The number of halogens is 1. The molecule has 2 aromatic carbocycles. The number of phenols is 2. The van der Waals surface area contributed by atoms with E-state index >= 15 is 0 Å². The molecular weight excluding hydrogens is 632 g/mol. The van der Waals surface area contributed by atoms with Crippen LogP contribution in [0.1, 0.15) is 139 Å². The SMILES string of the molecule is CCCCC(CC)CBr.CCCCC(CC)COc1ccc(C=O)cc1OCC(CC)CCCC.O=Cc1ccc(O)c(O)c1. The van der Waals surface area contributed by atoms with Gasteiger partial charge in [0.2, 0.25) is 0 Å². The average Bonchev–Trinajstić information content (AvgIpc) is 3.07. The Morgan fingerprint density at radius 1 is 0.622 bits per heavy atom. The van der Waals surface area contributed by atoms with Crippen LogP contribution in [-0.2, 0) is 0 Å². The van der Waals surface area contributed by atoms with Gasteiger partial charge in [-0.15, -0.1) is 0 Å². The molecule has 0 aliphatic carbocycles. The van der Waals surface area contributed by atoms with Gasteiger partial charge in [-0.2, -0.15) is 0 Å². The molecule has 0 bridgehead atoms. The maximum Gasteiger partial charge on any atom is 0.161 e. The molecule has 0 aliphatic rings. The van der Waals surface area contributed by atoms with Crippen LogP contribution in [0.5, 0.6) is 23.0 Å². The average molecular weight is 694 g/mol. The minimum absolute atomic E-state index is 0.217. The first kappa shape index (κ1) is 42.5. The third kappa shape index (κ3) is 19.6. The van der Waals surface area contributed by atoms with Crippen LogP contribution in [0, 0.1) is 17.8 Å². The summed E-state index contributed by atoms with van der Waals surface area (Å²) in [7, 11) is 0. The second-order valence-electron chi connectivity index (χ2n) is 11.7. The third-order valence-corrected chi connectivity index (χ3v) is 8.95. The molecular formula is C38H61BrO6. The summed E-state index contributed by atoms with van der Waals surface area (Å²) in [5.41, 5.74) is 0.974. The van der Waals surface area contributed by atoms with E-state index in [1.165, 1.54) is 87.7 Å². The standard InChI is InChI=1S/C23H38O3.C8H17Br.C7H6O3/c1-5-9-11-19(7-3)17-25-22-14-13-21(16-24)15-23(22)26-18-20(8-4)12-10-6-2;1-3-5-6-8(4-2)7-9;8-4-5-1-2-6(9)7(10)3-5/h13-16,19-20H,5-12,17-18H2,1-4H3;8H,3-7H2,1-2H3;1-4,9-10H. The number of phenolic OH excluding ortho intramolecular Hbond substituents is 2. The molecule has 45 heavy (non-hydrogen) atoms. The first-order chi connectivity index (χ1) is 21.8. The van der Waals surface area contributed by atoms with Crippen LogP contribution in [0.15, 0.2) is 36.4 Å². The van der Waals surface area contributed by atoms with Crippen LogP contribution in [0.2, 0.25) is 0 Å². The third-order valence-electron chi connectivity index (χ3n) is 8.04. The molecule has 6 nitrogen and oxygen atoms in total. The summed E-state index contributed by atoms with van der Waals surface area (Å²) < 4.78 is 12.2. The zero-order valence-electron chi connectivity index (χ0n) is 28.9. The molecule has 0 saturated carbocycles. The Labute approximate surface area is 282 Å². The highest BCUT2D eigenvalue weighted by atomic mass is 79.9. The van der Waals surface area contributed by atoms with Crippen molar-refractivity contribution in [2.45, 2.75) is 119 Å². The molecule has 2 aromatic rings. The lowest BCUT2D eigenvalue weighted by atomic mass is 10.0. The Morgan fingerprint density at radius 2 is 1.07 bits per heavy atom. The van der Waals surface area contributed by atoms with E-state index in [0.29, 0.717) is 48.2 Å². The van der Waals surface area contributed by atoms with Crippen molar-refractivity contribution >= 4 is 28.5 Å². The summed E-state index contributed by atoms with van der Waals surface area (Å²) in [5, 5.41) is 18.8. The number of benzene rings is 2. The van der Waals surface area contributed by atoms with Crippen LogP contribution >= 0.6 is 15.9 Å². The summed E-state index contributed by atoms with van der Waals surface area (Å²) in [6, 6.07) is 9.36. The number of hydrogen-bond acceptors (Lipinski definition) is 6. The molecule has 7 heteroatoms. The molecule has 3 unspecified atom stereocenters. The van der Waals surface area contributed by atoms with Gasteiger partial charge in [0.1, 0.15) is 12.6 Å². The lowest BCUT2D eigenvalue weighted by molar-refractivity contribution is 0.111.